The SMILES string of the molecule is CC(=O)c1c(O)ccc(Nc2ccccc2)c1C(C)=O. The Kier molecular flexibility index (Phi) is 3.84. The number of aromatic hydroxyl groups is 1. The van der Waals surface area contributed by atoms with Gasteiger partial charge in [0.25, 0.3) is 0 Å². The Morgan fingerprint density at radius 2 is 1.50 bits per heavy atom. The fourth-order valence-electron chi connectivity index (χ4n) is 2.09. The Morgan fingerprint density at radius 1 is 0.900 bits per heavy atom. The predicted molar refractivity (Wildman–Crippen MR) is 77.8 cm³/mol. The molecule has 0 heterocycles. The summed E-state index contributed by atoms with van der Waals surface area (Å²) in [5.41, 5.74) is 1.57. The third-order valence-corrected chi connectivity index (χ3v) is 2.94. The molecule has 2 N–H and O–H groups in total. The molecule has 0 atom stereocenters. The summed E-state index contributed by atoms with van der Waals surface area (Å²) in [7, 11) is 0. The molecule has 20 heavy (non-hydrogen) atoms. The van der Waals surface area contributed by atoms with Gasteiger partial charge in [0, 0.05) is 5.69 Å². The van der Waals surface area contributed by atoms with Crippen LogP contribution >= 0.6 is 0 Å². The minimum absolute atomic E-state index is 0.0541. The number of Topliss-reactive ketones (excluding diaryl/α,β-unsaturated/α-hetero) is 2. The quantitative estimate of drug-likeness (QED) is 0.658. The summed E-state index contributed by atoms with van der Waals surface area (Å²) in [6.07, 6.45) is 0. The lowest BCUT2D eigenvalue weighted by Crippen LogP contribution is -2.08. The number of phenolic OH excluding ortho intramolecular Hbond substituents is 1. The van der Waals surface area contributed by atoms with Crippen LogP contribution in [0.3, 0.4) is 0 Å². The van der Waals surface area contributed by atoms with Crippen molar-refractivity contribution in [1.82, 2.24) is 0 Å². The molecule has 0 amide bonds. The molecule has 2 aromatic rings. The number of rotatable bonds is 4. The number of hydrogen-bond acceptors (Lipinski definition) is 4. The van der Waals surface area contributed by atoms with Crippen molar-refractivity contribution in [3.63, 3.8) is 0 Å². The molecular weight excluding hydrogens is 254 g/mol. The lowest BCUT2D eigenvalue weighted by atomic mass is 9.98. The van der Waals surface area contributed by atoms with Crippen molar-refractivity contribution in [3.8, 4) is 5.75 Å². The van der Waals surface area contributed by atoms with Crippen molar-refractivity contribution < 1.29 is 14.7 Å². The van der Waals surface area contributed by atoms with Gasteiger partial charge in [0.15, 0.2) is 11.6 Å². The highest BCUT2D eigenvalue weighted by Crippen LogP contribution is 2.31. The van der Waals surface area contributed by atoms with Crippen LogP contribution in [0.4, 0.5) is 11.4 Å². The minimum Gasteiger partial charge on any atom is -0.507 e. The molecule has 0 unspecified atom stereocenters. The van der Waals surface area contributed by atoms with Crippen molar-refractivity contribution in [1.29, 1.82) is 0 Å². The number of anilines is 2. The maximum absolute atomic E-state index is 11.8. The van der Waals surface area contributed by atoms with Crippen molar-refractivity contribution in [2.24, 2.45) is 0 Å². The number of phenols is 1. The Bertz CT molecular complexity index is 663. The summed E-state index contributed by atoms with van der Waals surface area (Å²) in [5, 5.41) is 12.9. The van der Waals surface area contributed by atoms with Crippen LogP contribution in [0.1, 0.15) is 34.6 Å². The van der Waals surface area contributed by atoms with E-state index in [2.05, 4.69) is 5.32 Å². The Labute approximate surface area is 117 Å². The highest BCUT2D eigenvalue weighted by atomic mass is 16.3. The fraction of sp³-hybridized carbons (Fsp3) is 0.125. The predicted octanol–water partition coefficient (Wildman–Crippen LogP) is 3.54. The van der Waals surface area contributed by atoms with Crippen LogP contribution in [0, 0.1) is 0 Å². The molecule has 0 fully saturated rings. The van der Waals surface area contributed by atoms with Gasteiger partial charge in [0.1, 0.15) is 5.75 Å². The highest BCUT2D eigenvalue weighted by Gasteiger charge is 2.20. The molecule has 0 saturated carbocycles. The number of hydrogen-bond donors (Lipinski definition) is 2. The third kappa shape index (κ3) is 2.69. The lowest BCUT2D eigenvalue weighted by Gasteiger charge is -2.14. The summed E-state index contributed by atoms with van der Waals surface area (Å²) in [5.74, 6) is -0.796. The van der Waals surface area contributed by atoms with E-state index >= 15 is 0 Å². The second-order valence-corrected chi connectivity index (χ2v) is 4.49. The maximum Gasteiger partial charge on any atom is 0.164 e. The van der Waals surface area contributed by atoms with Gasteiger partial charge >= 0.3 is 0 Å². The first-order valence-electron chi connectivity index (χ1n) is 6.20. The van der Waals surface area contributed by atoms with Gasteiger partial charge < -0.3 is 10.4 Å². The van der Waals surface area contributed by atoms with Gasteiger partial charge in [-0.25, -0.2) is 0 Å². The zero-order valence-electron chi connectivity index (χ0n) is 11.3. The average Bonchev–Trinajstić information content (AvgIpc) is 2.41. The van der Waals surface area contributed by atoms with Crippen LogP contribution in [0.15, 0.2) is 42.5 Å². The molecule has 4 nitrogen and oxygen atoms in total. The van der Waals surface area contributed by atoms with Crippen molar-refractivity contribution in [2.75, 3.05) is 5.32 Å². The molecule has 0 spiro atoms. The van der Waals surface area contributed by atoms with Gasteiger partial charge in [-0.1, -0.05) is 18.2 Å². The normalized spacial score (nSPS) is 10.1. The molecular formula is C16H15NO3. The van der Waals surface area contributed by atoms with Crippen LogP contribution in [0.2, 0.25) is 0 Å². The van der Waals surface area contributed by atoms with Crippen LogP contribution < -0.4 is 5.32 Å². The monoisotopic (exact) mass is 269 g/mol. The van der Waals surface area contributed by atoms with E-state index in [9.17, 15) is 14.7 Å². The largest absolute Gasteiger partial charge is 0.507 e. The molecule has 0 bridgehead atoms. The van der Waals surface area contributed by atoms with Gasteiger partial charge in [-0.3, -0.25) is 9.59 Å². The number of ketones is 2. The van der Waals surface area contributed by atoms with Gasteiger partial charge in [-0.05, 0) is 38.1 Å². The number of benzene rings is 2. The second kappa shape index (κ2) is 5.57. The van der Waals surface area contributed by atoms with Gasteiger partial charge in [0.2, 0.25) is 0 Å². The van der Waals surface area contributed by atoms with Crippen molar-refractivity contribution >= 4 is 22.9 Å². The summed E-state index contributed by atoms with van der Waals surface area (Å²) in [4.78, 5) is 23.5. The fourth-order valence-corrected chi connectivity index (χ4v) is 2.09. The summed E-state index contributed by atoms with van der Waals surface area (Å²) in [6.45, 7) is 2.70. The van der Waals surface area contributed by atoms with Crippen LogP contribution in [-0.4, -0.2) is 16.7 Å². The molecule has 0 aromatic heterocycles. The Hall–Kier alpha value is -2.62. The standard InChI is InChI=1S/C16H15NO3/c1-10(18)15-13(17-12-6-4-3-5-7-12)8-9-14(20)16(15)11(2)19/h3-9,17,20H,1-2H3. The summed E-state index contributed by atoms with van der Waals surface area (Å²) < 4.78 is 0. The Morgan fingerprint density at radius 3 is 2.05 bits per heavy atom. The van der Waals surface area contributed by atoms with E-state index in [0.717, 1.165) is 5.69 Å². The first-order valence-corrected chi connectivity index (χ1v) is 6.20. The zero-order valence-corrected chi connectivity index (χ0v) is 11.3. The average molecular weight is 269 g/mol. The van der Waals surface area contributed by atoms with E-state index in [-0.39, 0.29) is 28.4 Å². The molecule has 0 radical (unpaired) electrons. The van der Waals surface area contributed by atoms with Crippen molar-refractivity contribution in [3.05, 3.63) is 53.6 Å². The molecule has 0 saturated heterocycles. The first-order chi connectivity index (χ1) is 9.50. The van der Waals surface area contributed by atoms with Crippen LogP contribution in [0.25, 0.3) is 0 Å². The third-order valence-electron chi connectivity index (χ3n) is 2.94. The number of nitrogens with one attached hydrogen (secondary N) is 1. The molecule has 2 aromatic carbocycles. The van der Waals surface area contributed by atoms with E-state index < -0.39 is 0 Å². The van der Waals surface area contributed by atoms with E-state index in [0.29, 0.717) is 5.69 Å². The summed E-state index contributed by atoms with van der Waals surface area (Å²) in [6, 6.07) is 12.3. The maximum atomic E-state index is 11.8. The second-order valence-electron chi connectivity index (χ2n) is 4.49. The number of para-hydroxylation sites is 1. The van der Waals surface area contributed by atoms with E-state index in [4.69, 9.17) is 0 Å². The number of carbonyl (C=O) groups is 2. The van der Waals surface area contributed by atoms with Gasteiger partial charge in [-0.15, -0.1) is 0 Å². The zero-order chi connectivity index (χ0) is 14.7. The summed E-state index contributed by atoms with van der Waals surface area (Å²) >= 11 is 0. The van der Waals surface area contributed by atoms with Crippen LogP contribution in [0.5, 0.6) is 5.75 Å². The molecule has 0 aliphatic rings. The van der Waals surface area contributed by atoms with E-state index in [1.807, 2.05) is 30.3 Å². The Balaban J connectivity index is 2.56. The van der Waals surface area contributed by atoms with Gasteiger partial charge in [0.05, 0.1) is 16.8 Å². The first kappa shape index (κ1) is 13.8. The van der Waals surface area contributed by atoms with Crippen LogP contribution in [-0.2, 0) is 0 Å². The van der Waals surface area contributed by atoms with Gasteiger partial charge in [-0.2, -0.15) is 0 Å². The van der Waals surface area contributed by atoms with Crippen molar-refractivity contribution in [2.45, 2.75) is 13.8 Å². The molecule has 0 aliphatic heterocycles. The van der Waals surface area contributed by atoms with E-state index in [1.54, 1.807) is 6.07 Å². The smallest absolute Gasteiger partial charge is 0.164 e. The molecule has 4 heteroatoms. The molecule has 0 aliphatic carbocycles. The molecule has 2 rings (SSSR count). The lowest BCUT2D eigenvalue weighted by molar-refractivity contribution is 0.0979. The topological polar surface area (TPSA) is 66.4 Å². The number of carbonyl (C=O) groups excluding carboxylic acids is 2. The highest BCUT2D eigenvalue weighted by molar-refractivity contribution is 6.12. The molecule has 102 valence electrons. The minimum atomic E-state index is -0.343. The van der Waals surface area contributed by atoms with E-state index in [1.165, 1.54) is 19.9 Å².